The van der Waals surface area contributed by atoms with E-state index in [1.54, 1.807) is 4.90 Å². The Balaban J connectivity index is 2.29. The predicted octanol–water partition coefficient (Wildman–Crippen LogP) is 2.19. The third kappa shape index (κ3) is 3.90. The van der Waals surface area contributed by atoms with Crippen LogP contribution in [0.1, 0.15) is 5.56 Å². The Labute approximate surface area is 125 Å². The Kier molecular flexibility index (Phi) is 5.49. The Hall–Kier alpha value is -2.17. The van der Waals surface area contributed by atoms with Crippen LogP contribution in [0.3, 0.4) is 0 Å². The Morgan fingerprint density at radius 3 is 2.19 bits per heavy atom. The highest BCUT2D eigenvalue weighted by atomic mass is 16.5. The molecule has 1 atom stereocenters. The van der Waals surface area contributed by atoms with Crippen molar-refractivity contribution in [1.29, 1.82) is 0 Å². The van der Waals surface area contributed by atoms with Crippen molar-refractivity contribution < 1.29 is 9.53 Å². The first-order valence-electron chi connectivity index (χ1n) is 6.89. The van der Waals surface area contributed by atoms with Gasteiger partial charge in [-0.2, -0.15) is 0 Å². The fourth-order valence-corrected chi connectivity index (χ4v) is 2.14. The van der Waals surface area contributed by atoms with Gasteiger partial charge in [-0.3, -0.25) is 4.79 Å². The summed E-state index contributed by atoms with van der Waals surface area (Å²) >= 11 is 0. The summed E-state index contributed by atoms with van der Waals surface area (Å²) in [5.74, 6) is -0.130. The van der Waals surface area contributed by atoms with Crippen molar-refractivity contribution >= 4 is 11.6 Å². The monoisotopic (exact) mass is 284 g/mol. The van der Waals surface area contributed by atoms with E-state index in [1.807, 2.05) is 60.7 Å². The normalized spacial score (nSPS) is 11.9. The minimum Gasteiger partial charge on any atom is -0.370 e. The quantitative estimate of drug-likeness (QED) is 0.884. The van der Waals surface area contributed by atoms with E-state index < -0.39 is 6.10 Å². The first-order chi connectivity index (χ1) is 10.3. The van der Waals surface area contributed by atoms with Crippen molar-refractivity contribution in [3.05, 3.63) is 66.2 Å². The predicted molar refractivity (Wildman–Crippen MR) is 83.9 cm³/mol. The average molecular weight is 284 g/mol. The van der Waals surface area contributed by atoms with Gasteiger partial charge in [0, 0.05) is 19.3 Å². The molecule has 0 aliphatic heterocycles. The van der Waals surface area contributed by atoms with Crippen molar-refractivity contribution in [2.75, 3.05) is 18.6 Å². The molecule has 0 spiro atoms. The first kappa shape index (κ1) is 15.2. The second-order valence-corrected chi connectivity index (χ2v) is 4.71. The molecule has 2 aromatic carbocycles. The third-order valence-electron chi connectivity index (χ3n) is 3.29. The van der Waals surface area contributed by atoms with Gasteiger partial charge in [-0.05, 0) is 17.7 Å². The number of nitrogens with zero attached hydrogens (tertiary/aromatic N) is 1. The van der Waals surface area contributed by atoms with Gasteiger partial charge in [-0.1, -0.05) is 48.5 Å². The summed E-state index contributed by atoms with van der Waals surface area (Å²) in [5.41, 5.74) is 7.51. The third-order valence-corrected chi connectivity index (χ3v) is 3.29. The SMILES string of the molecule is COC(CN)C(=O)N(Cc1ccccc1)c1ccccc1. The number of carbonyl (C=O) groups is 1. The van der Waals surface area contributed by atoms with Crippen LogP contribution in [0.15, 0.2) is 60.7 Å². The van der Waals surface area contributed by atoms with Gasteiger partial charge < -0.3 is 15.4 Å². The summed E-state index contributed by atoms with van der Waals surface area (Å²) in [6.45, 7) is 0.650. The minimum atomic E-state index is -0.631. The van der Waals surface area contributed by atoms with Crippen LogP contribution in [0.2, 0.25) is 0 Å². The van der Waals surface area contributed by atoms with Crippen LogP contribution >= 0.6 is 0 Å². The highest BCUT2D eigenvalue weighted by Gasteiger charge is 2.24. The lowest BCUT2D eigenvalue weighted by molar-refractivity contribution is -0.127. The molecule has 1 amide bonds. The molecule has 2 N–H and O–H groups in total. The van der Waals surface area contributed by atoms with Gasteiger partial charge in [0.25, 0.3) is 5.91 Å². The van der Waals surface area contributed by atoms with Crippen LogP contribution in [0, 0.1) is 0 Å². The fourth-order valence-electron chi connectivity index (χ4n) is 2.14. The number of nitrogens with two attached hydrogens (primary N) is 1. The number of para-hydroxylation sites is 1. The van der Waals surface area contributed by atoms with Crippen molar-refractivity contribution in [3.8, 4) is 0 Å². The number of methoxy groups -OCH3 is 1. The summed E-state index contributed by atoms with van der Waals surface area (Å²) in [4.78, 5) is 14.3. The van der Waals surface area contributed by atoms with Gasteiger partial charge in [-0.15, -0.1) is 0 Å². The molecule has 0 aliphatic rings. The molecule has 4 nitrogen and oxygen atoms in total. The van der Waals surface area contributed by atoms with Crippen molar-refractivity contribution in [3.63, 3.8) is 0 Å². The summed E-state index contributed by atoms with van der Waals surface area (Å²) in [5, 5.41) is 0. The van der Waals surface area contributed by atoms with E-state index in [9.17, 15) is 4.79 Å². The van der Waals surface area contributed by atoms with Crippen molar-refractivity contribution in [2.24, 2.45) is 5.73 Å². The van der Waals surface area contributed by atoms with E-state index in [2.05, 4.69) is 0 Å². The number of anilines is 1. The molecular formula is C17H20N2O2. The molecule has 0 saturated carbocycles. The van der Waals surface area contributed by atoms with Gasteiger partial charge in [0.1, 0.15) is 6.10 Å². The largest absolute Gasteiger partial charge is 0.370 e. The minimum absolute atomic E-state index is 0.130. The topological polar surface area (TPSA) is 55.6 Å². The second kappa shape index (κ2) is 7.57. The number of amides is 1. The highest BCUT2D eigenvalue weighted by Crippen LogP contribution is 2.18. The fraction of sp³-hybridized carbons (Fsp3) is 0.235. The molecule has 110 valence electrons. The molecule has 2 rings (SSSR count). The molecule has 0 radical (unpaired) electrons. The standard InChI is InChI=1S/C17H20N2O2/c1-21-16(12-18)17(20)19(15-10-6-3-7-11-15)13-14-8-4-2-5-9-14/h2-11,16H,12-13,18H2,1H3. The number of ether oxygens (including phenoxy) is 1. The van der Waals surface area contributed by atoms with Crippen LogP contribution in [0.25, 0.3) is 0 Å². The number of hydrogen-bond acceptors (Lipinski definition) is 3. The van der Waals surface area contributed by atoms with Crippen LogP contribution in [-0.4, -0.2) is 25.7 Å². The lowest BCUT2D eigenvalue weighted by Gasteiger charge is -2.26. The number of rotatable bonds is 6. The number of hydrogen-bond donors (Lipinski definition) is 1. The zero-order chi connectivity index (χ0) is 15.1. The molecule has 0 aliphatic carbocycles. The zero-order valence-corrected chi connectivity index (χ0v) is 12.1. The number of benzene rings is 2. The number of carbonyl (C=O) groups excluding carboxylic acids is 1. The highest BCUT2D eigenvalue weighted by molar-refractivity contribution is 5.96. The molecule has 0 heterocycles. The molecule has 0 aromatic heterocycles. The first-order valence-corrected chi connectivity index (χ1v) is 6.89. The summed E-state index contributed by atoms with van der Waals surface area (Å²) in [7, 11) is 1.50. The van der Waals surface area contributed by atoms with Crippen molar-refractivity contribution in [1.82, 2.24) is 0 Å². The van der Waals surface area contributed by atoms with Gasteiger partial charge in [0.05, 0.1) is 6.54 Å². The Morgan fingerprint density at radius 2 is 1.67 bits per heavy atom. The van der Waals surface area contributed by atoms with Gasteiger partial charge >= 0.3 is 0 Å². The van der Waals surface area contributed by atoms with Gasteiger partial charge in [0.15, 0.2) is 0 Å². The summed E-state index contributed by atoms with van der Waals surface area (Å²) in [6, 6.07) is 19.4. The maximum Gasteiger partial charge on any atom is 0.257 e. The van der Waals surface area contributed by atoms with Crippen molar-refractivity contribution in [2.45, 2.75) is 12.6 Å². The molecule has 2 aromatic rings. The van der Waals surface area contributed by atoms with E-state index in [1.165, 1.54) is 7.11 Å². The summed E-state index contributed by atoms with van der Waals surface area (Å²) < 4.78 is 5.19. The maximum atomic E-state index is 12.6. The van der Waals surface area contributed by atoms with E-state index in [0.717, 1.165) is 11.3 Å². The van der Waals surface area contributed by atoms with Crippen LogP contribution in [-0.2, 0) is 16.1 Å². The van der Waals surface area contributed by atoms with Crippen LogP contribution in [0.4, 0.5) is 5.69 Å². The van der Waals surface area contributed by atoms with E-state index in [0.29, 0.717) is 6.54 Å². The molecule has 0 saturated heterocycles. The molecule has 21 heavy (non-hydrogen) atoms. The Morgan fingerprint density at radius 1 is 1.10 bits per heavy atom. The second-order valence-electron chi connectivity index (χ2n) is 4.71. The summed E-state index contributed by atoms with van der Waals surface area (Å²) in [6.07, 6.45) is -0.631. The molecule has 0 fully saturated rings. The molecular weight excluding hydrogens is 264 g/mol. The van der Waals surface area contributed by atoms with E-state index in [4.69, 9.17) is 10.5 Å². The lowest BCUT2D eigenvalue weighted by Crippen LogP contribution is -2.43. The molecule has 1 unspecified atom stereocenters. The lowest BCUT2D eigenvalue weighted by atomic mass is 10.1. The van der Waals surface area contributed by atoms with Crippen LogP contribution in [0.5, 0.6) is 0 Å². The maximum absolute atomic E-state index is 12.6. The van der Waals surface area contributed by atoms with Gasteiger partial charge in [0.2, 0.25) is 0 Å². The zero-order valence-electron chi connectivity index (χ0n) is 12.1. The molecule has 0 bridgehead atoms. The van der Waals surface area contributed by atoms with E-state index >= 15 is 0 Å². The van der Waals surface area contributed by atoms with Gasteiger partial charge in [-0.25, -0.2) is 0 Å². The molecule has 4 heteroatoms. The van der Waals surface area contributed by atoms with E-state index in [-0.39, 0.29) is 12.5 Å². The van der Waals surface area contributed by atoms with Crippen LogP contribution < -0.4 is 10.6 Å². The average Bonchev–Trinajstić information content (AvgIpc) is 2.55. The smallest absolute Gasteiger partial charge is 0.257 e. The Bertz CT molecular complexity index is 554.